The van der Waals surface area contributed by atoms with Crippen molar-refractivity contribution in [2.75, 3.05) is 0 Å². The zero-order valence-electron chi connectivity index (χ0n) is 3.65. The third-order valence-electron chi connectivity index (χ3n) is 0.622. The molecule has 0 aliphatic rings. The van der Waals surface area contributed by atoms with Gasteiger partial charge in [0, 0.05) is 6.92 Å². The van der Waals surface area contributed by atoms with Gasteiger partial charge in [0.25, 0.3) is 0 Å². The predicted octanol–water partition coefficient (Wildman–Crippen LogP) is 2.12. The Morgan fingerprint density at radius 1 is 1.71 bits per heavy atom. The molecular formula is C5H4ClO. The van der Waals surface area contributed by atoms with Crippen LogP contribution in [0.15, 0.2) is 16.7 Å². The normalized spacial score (nSPS) is 9.43. The highest BCUT2D eigenvalue weighted by Gasteiger charge is 1.88. The minimum Gasteiger partial charge on any atom is -0.468 e. The molecular weight excluding hydrogens is 112 g/mol. The van der Waals surface area contributed by atoms with Crippen LogP contribution in [-0.2, 0) is 0 Å². The Kier molecular flexibility index (Phi) is 1.07. The summed E-state index contributed by atoms with van der Waals surface area (Å²) in [5, 5.41) is 0.602. The molecule has 37 valence electrons. The van der Waals surface area contributed by atoms with E-state index >= 15 is 0 Å². The maximum Gasteiger partial charge on any atom is 0.109 e. The third-order valence-corrected chi connectivity index (χ3v) is 0.820. The summed E-state index contributed by atoms with van der Waals surface area (Å²) in [6, 6.07) is 1.65. The first-order valence-corrected chi connectivity index (χ1v) is 2.23. The summed E-state index contributed by atoms with van der Waals surface area (Å²) in [6.45, 7) is 3.49. The van der Waals surface area contributed by atoms with E-state index in [0.717, 1.165) is 0 Å². The summed E-state index contributed by atoms with van der Waals surface area (Å²) in [5.41, 5.74) is 0. The summed E-state index contributed by atoms with van der Waals surface area (Å²) >= 11 is 5.43. The first kappa shape index (κ1) is 4.72. The molecule has 0 aromatic carbocycles. The molecule has 0 spiro atoms. The van der Waals surface area contributed by atoms with Crippen LogP contribution in [0.1, 0.15) is 5.76 Å². The Balaban J connectivity index is 3.04. The average Bonchev–Trinajstić information content (AvgIpc) is 1.87. The van der Waals surface area contributed by atoms with Gasteiger partial charge in [-0.1, -0.05) is 11.6 Å². The van der Waals surface area contributed by atoms with Crippen LogP contribution < -0.4 is 0 Å². The van der Waals surface area contributed by atoms with Crippen molar-refractivity contribution in [2.45, 2.75) is 0 Å². The molecule has 0 aliphatic heterocycles. The fourth-order valence-electron chi connectivity index (χ4n) is 0.354. The molecule has 0 saturated carbocycles. The van der Waals surface area contributed by atoms with Gasteiger partial charge in [-0.15, -0.1) is 0 Å². The van der Waals surface area contributed by atoms with E-state index in [1.165, 1.54) is 6.26 Å². The molecule has 1 radical (unpaired) electrons. The lowest BCUT2D eigenvalue weighted by Crippen LogP contribution is -1.49. The molecule has 0 saturated heterocycles. The molecule has 7 heavy (non-hydrogen) atoms. The van der Waals surface area contributed by atoms with E-state index in [2.05, 4.69) is 6.92 Å². The lowest BCUT2D eigenvalue weighted by atomic mass is 10.5. The van der Waals surface area contributed by atoms with E-state index in [9.17, 15) is 0 Å². The minimum atomic E-state index is 0.602. The van der Waals surface area contributed by atoms with Crippen molar-refractivity contribution < 1.29 is 4.42 Å². The molecule has 1 heterocycles. The summed E-state index contributed by atoms with van der Waals surface area (Å²) in [7, 11) is 0. The van der Waals surface area contributed by atoms with Gasteiger partial charge in [-0.3, -0.25) is 0 Å². The second-order valence-corrected chi connectivity index (χ2v) is 1.67. The summed E-state index contributed by atoms with van der Waals surface area (Å²) in [6.07, 6.45) is 1.45. The second kappa shape index (κ2) is 1.58. The monoisotopic (exact) mass is 115 g/mol. The van der Waals surface area contributed by atoms with Crippen LogP contribution in [-0.4, -0.2) is 0 Å². The Labute approximate surface area is 46.9 Å². The van der Waals surface area contributed by atoms with Crippen LogP contribution in [0.4, 0.5) is 0 Å². The molecule has 2 heteroatoms. The van der Waals surface area contributed by atoms with Crippen LogP contribution in [0.5, 0.6) is 0 Å². The summed E-state index contributed by atoms with van der Waals surface area (Å²) in [4.78, 5) is 0. The van der Waals surface area contributed by atoms with Crippen molar-refractivity contribution in [2.24, 2.45) is 0 Å². The smallest absolute Gasteiger partial charge is 0.109 e. The van der Waals surface area contributed by atoms with Crippen LogP contribution >= 0.6 is 11.6 Å². The predicted molar refractivity (Wildman–Crippen MR) is 28.2 cm³/mol. The molecule has 0 aliphatic carbocycles. The van der Waals surface area contributed by atoms with E-state index in [1.807, 2.05) is 0 Å². The van der Waals surface area contributed by atoms with Crippen molar-refractivity contribution in [1.29, 1.82) is 0 Å². The van der Waals surface area contributed by atoms with Crippen LogP contribution in [0.25, 0.3) is 0 Å². The Morgan fingerprint density at radius 3 is 2.57 bits per heavy atom. The quantitative estimate of drug-likeness (QED) is 0.505. The molecule has 1 aromatic rings. The molecule has 0 fully saturated rings. The van der Waals surface area contributed by atoms with Crippen LogP contribution in [0.3, 0.4) is 0 Å². The van der Waals surface area contributed by atoms with Gasteiger partial charge in [0.1, 0.15) is 12.0 Å². The second-order valence-electron chi connectivity index (χ2n) is 1.23. The van der Waals surface area contributed by atoms with Gasteiger partial charge in [0.15, 0.2) is 0 Å². The Bertz CT molecular complexity index is 140. The van der Waals surface area contributed by atoms with E-state index in [0.29, 0.717) is 10.8 Å². The highest BCUT2D eigenvalue weighted by atomic mass is 35.5. The van der Waals surface area contributed by atoms with Gasteiger partial charge in [-0.05, 0) is 6.07 Å². The van der Waals surface area contributed by atoms with Crippen molar-refractivity contribution >= 4 is 11.6 Å². The molecule has 1 nitrogen and oxygen atoms in total. The zero-order chi connectivity index (χ0) is 5.28. The number of hydrogen-bond acceptors (Lipinski definition) is 1. The van der Waals surface area contributed by atoms with E-state index in [4.69, 9.17) is 16.0 Å². The third kappa shape index (κ3) is 0.967. The standard InChI is InChI=1S/C5H4ClO/c1-4-2-5(6)3-7-4/h2-3H,1H2. The highest BCUT2D eigenvalue weighted by molar-refractivity contribution is 6.30. The highest BCUT2D eigenvalue weighted by Crippen LogP contribution is 2.10. The fourth-order valence-corrected chi connectivity index (χ4v) is 0.520. The lowest BCUT2D eigenvalue weighted by Gasteiger charge is -1.68. The first-order chi connectivity index (χ1) is 3.29. The maximum atomic E-state index is 5.43. The van der Waals surface area contributed by atoms with Crippen molar-refractivity contribution in [3.63, 3.8) is 0 Å². The van der Waals surface area contributed by atoms with Crippen LogP contribution in [0.2, 0.25) is 5.02 Å². The SMILES string of the molecule is [CH2]c1cc(Cl)co1. The van der Waals surface area contributed by atoms with Gasteiger partial charge in [-0.25, -0.2) is 0 Å². The van der Waals surface area contributed by atoms with Crippen molar-refractivity contribution in [1.82, 2.24) is 0 Å². The Hall–Kier alpha value is -0.430. The van der Waals surface area contributed by atoms with Gasteiger partial charge in [0.2, 0.25) is 0 Å². The summed E-state index contributed by atoms with van der Waals surface area (Å²) in [5.74, 6) is 0.602. The largest absolute Gasteiger partial charge is 0.468 e. The van der Waals surface area contributed by atoms with E-state index < -0.39 is 0 Å². The maximum absolute atomic E-state index is 5.43. The Morgan fingerprint density at radius 2 is 2.43 bits per heavy atom. The first-order valence-electron chi connectivity index (χ1n) is 1.85. The van der Waals surface area contributed by atoms with Crippen molar-refractivity contribution in [3.05, 3.63) is 30.0 Å². The van der Waals surface area contributed by atoms with E-state index in [-0.39, 0.29) is 0 Å². The topological polar surface area (TPSA) is 13.1 Å². The number of hydrogen-bond donors (Lipinski definition) is 0. The van der Waals surface area contributed by atoms with Gasteiger partial charge in [0.05, 0.1) is 5.02 Å². The van der Waals surface area contributed by atoms with E-state index in [1.54, 1.807) is 6.07 Å². The molecule has 0 bridgehead atoms. The molecule has 0 amide bonds. The van der Waals surface area contributed by atoms with Crippen LogP contribution in [0, 0.1) is 6.92 Å². The molecule has 1 rings (SSSR count). The zero-order valence-corrected chi connectivity index (χ0v) is 4.40. The number of rotatable bonds is 0. The van der Waals surface area contributed by atoms with Gasteiger partial charge < -0.3 is 4.42 Å². The van der Waals surface area contributed by atoms with Gasteiger partial charge >= 0.3 is 0 Å². The number of furan rings is 1. The molecule has 0 unspecified atom stereocenters. The minimum absolute atomic E-state index is 0.602. The van der Waals surface area contributed by atoms with Crippen molar-refractivity contribution in [3.8, 4) is 0 Å². The van der Waals surface area contributed by atoms with Gasteiger partial charge in [-0.2, -0.15) is 0 Å². The average molecular weight is 116 g/mol. The fraction of sp³-hybridized carbons (Fsp3) is 0. The molecule has 0 atom stereocenters. The summed E-state index contributed by atoms with van der Waals surface area (Å²) < 4.78 is 4.72. The molecule has 0 N–H and O–H groups in total. The lowest BCUT2D eigenvalue weighted by molar-refractivity contribution is 0.549. The number of halogens is 1. The molecule has 1 aromatic heterocycles.